The molecule has 0 bridgehead atoms. The number of phenols is 2. The van der Waals surface area contributed by atoms with Gasteiger partial charge in [-0.3, -0.25) is 9.59 Å². The van der Waals surface area contributed by atoms with Crippen molar-refractivity contribution in [3.8, 4) is 36.2 Å². The Labute approximate surface area is 265 Å². The van der Waals surface area contributed by atoms with Crippen molar-refractivity contribution in [2.24, 2.45) is 0 Å². The average molecular weight is 651 g/mol. The van der Waals surface area contributed by atoms with Crippen molar-refractivity contribution in [2.75, 3.05) is 10.6 Å². The summed E-state index contributed by atoms with van der Waals surface area (Å²) < 4.78 is 82.7. The summed E-state index contributed by atoms with van der Waals surface area (Å²) in [5.74, 6) is 1.22. The van der Waals surface area contributed by atoms with Gasteiger partial charge in [-0.2, -0.15) is 26.3 Å². The van der Waals surface area contributed by atoms with E-state index < -0.39 is 51.8 Å². The van der Waals surface area contributed by atoms with Gasteiger partial charge in [0.05, 0.1) is 22.3 Å². The van der Waals surface area contributed by atoms with E-state index in [9.17, 15) is 46.1 Å². The van der Waals surface area contributed by atoms with Gasteiger partial charge in [0.1, 0.15) is 11.5 Å². The maximum Gasteiger partial charge on any atom is 0.417 e. The second-order valence-electron chi connectivity index (χ2n) is 10.8. The Morgan fingerprint density at radius 1 is 0.596 bits per heavy atom. The van der Waals surface area contributed by atoms with Crippen LogP contribution in [0.1, 0.15) is 67.9 Å². The lowest BCUT2D eigenvalue weighted by Gasteiger charge is -2.31. The van der Waals surface area contributed by atoms with Crippen molar-refractivity contribution in [3.05, 3.63) is 117 Å². The number of aromatic hydroxyl groups is 2. The number of halogens is 6. The Morgan fingerprint density at radius 2 is 0.936 bits per heavy atom. The summed E-state index contributed by atoms with van der Waals surface area (Å²) in [6.07, 6.45) is 0.834. The van der Waals surface area contributed by atoms with E-state index in [2.05, 4.69) is 22.5 Å². The molecule has 0 spiro atoms. The molecule has 12 heteroatoms. The number of alkyl halides is 6. The van der Waals surface area contributed by atoms with Crippen LogP contribution >= 0.6 is 0 Å². The number of amides is 2. The highest BCUT2D eigenvalue weighted by atomic mass is 19.4. The largest absolute Gasteiger partial charge is 0.508 e. The van der Waals surface area contributed by atoms with Crippen LogP contribution < -0.4 is 10.6 Å². The summed E-state index contributed by atoms with van der Waals surface area (Å²) in [4.78, 5) is 26.6. The number of nitrogens with one attached hydrogen (secondary N) is 2. The number of benzene rings is 4. The van der Waals surface area contributed by atoms with Crippen molar-refractivity contribution < 1.29 is 46.1 Å². The highest BCUT2D eigenvalue weighted by Gasteiger charge is 2.37. The molecule has 0 heterocycles. The van der Waals surface area contributed by atoms with Gasteiger partial charge in [0.15, 0.2) is 0 Å². The van der Waals surface area contributed by atoms with Crippen LogP contribution in [0.5, 0.6) is 11.5 Å². The Bertz CT molecular complexity index is 1840. The third-order valence-electron chi connectivity index (χ3n) is 7.32. The Balaban J connectivity index is 1.80. The van der Waals surface area contributed by atoms with Gasteiger partial charge < -0.3 is 20.8 Å². The maximum atomic E-state index is 13.8. The molecule has 0 aliphatic rings. The zero-order chi connectivity index (χ0) is 34.9. The van der Waals surface area contributed by atoms with Crippen LogP contribution in [0.4, 0.5) is 37.7 Å². The number of anilines is 2. The molecule has 4 aromatic carbocycles. The van der Waals surface area contributed by atoms with E-state index >= 15 is 0 Å². The molecule has 0 saturated heterocycles. The summed E-state index contributed by atoms with van der Waals surface area (Å²) in [6, 6.07) is 12.6. The topological polar surface area (TPSA) is 98.7 Å². The van der Waals surface area contributed by atoms with E-state index in [1.807, 2.05) is 0 Å². The average Bonchev–Trinajstić information content (AvgIpc) is 2.99. The van der Waals surface area contributed by atoms with E-state index in [-0.39, 0.29) is 45.1 Å². The highest BCUT2D eigenvalue weighted by molar-refractivity contribution is 6.07. The van der Waals surface area contributed by atoms with Crippen LogP contribution in [0.3, 0.4) is 0 Å². The molecule has 0 aromatic heterocycles. The minimum Gasteiger partial charge on any atom is -0.508 e. The van der Waals surface area contributed by atoms with E-state index in [1.54, 1.807) is 13.8 Å². The van der Waals surface area contributed by atoms with Crippen molar-refractivity contribution in [1.29, 1.82) is 0 Å². The van der Waals surface area contributed by atoms with Gasteiger partial charge in [0, 0.05) is 40.0 Å². The molecule has 0 radical (unpaired) electrons. The minimum atomic E-state index is -4.91. The quantitative estimate of drug-likeness (QED) is 0.126. The van der Waals surface area contributed by atoms with Crippen LogP contribution in [0, 0.1) is 24.7 Å². The van der Waals surface area contributed by atoms with E-state index in [0.717, 1.165) is 36.4 Å². The molecule has 4 N–H and O–H groups in total. The van der Waals surface area contributed by atoms with Gasteiger partial charge in [0.25, 0.3) is 11.8 Å². The monoisotopic (exact) mass is 650 g/mol. The predicted octanol–water partition coefficient (Wildman–Crippen LogP) is 7.93. The second-order valence-corrected chi connectivity index (χ2v) is 10.8. The van der Waals surface area contributed by atoms with Crippen LogP contribution in [0.25, 0.3) is 0 Å². The SMILES string of the molecule is C#Cc1ccc(C(F)(F)F)c(C(=O)Nc2cc(O)ccc2C(C)(C)c2ccc(O)cc2NC(=O)c2cc(C#C)ccc2C(F)(F)F)c1. The number of carbonyl (C=O) groups excluding carboxylic acids is 2. The van der Waals surface area contributed by atoms with Gasteiger partial charge >= 0.3 is 12.4 Å². The molecule has 2 amide bonds. The Morgan fingerprint density at radius 3 is 1.26 bits per heavy atom. The first-order valence-corrected chi connectivity index (χ1v) is 13.5. The first-order valence-electron chi connectivity index (χ1n) is 13.5. The number of phenolic OH excluding ortho intramolecular Hbond substituents is 2. The molecular weight excluding hydrogens is 626 g/mol. The molecule has 4 rings (SSSR count). The highest BCUT2D eigenvalue weighted by Crippen LogP contribution is 2.43. The van der Waals surface area contributed by atoms with Gasteiger partial charge in [-0.25, -0.2) is 0 Å². The molecule has 240 valence electrons. The van der Waals surface area contributed by atoms with Crippen LogP contribution in [-0.2, 0) is 17.8 Å². The smallest absolute Gasteiger partial charge is 0.417 e. The standard InChI is InChI=1S/C35H24F6N2O4/c1-5-19-7-11-25(34(36,37)38)23(15-19)31(46)42-29-17-21(44)9-13-27(29)33(3,4)28-14-10-22(45)18-30(28)43-32(47)24-16-20(6-2)8-12-26(24)35(39,40)41/h1-2,7-18,44-45H,3-4H3,(H,42,46)(H,43,47). The van der Waals surface area contributed by atoms with Crippen molar-refractivity contribution in [3.63, 3.8) is 0 Å². The van der Waals surface area contributed by atoms with Crippen LogP contribution in [0.2, 0.25) is 0 Å². The number of hydrogen-bond donors (Lipinski definition) is 4. The fourth-order valence-electron chi connectivity index (χ4n) is 5.02. The summed E-state index contributed by atoms with van der Waals surface area (Å²) >= 11 is 0. The molecule has 0 unspecified atom stereocenters. The van der Waals surface area contributed by atoms with E-state index in [0.29, 0.717) is 12.1 Å². The maximum absolute atomic E-state index is 13.8. The third-order valence-corrected chi connectivity index (χ3v) is 7.32. The number of rotatable bonds is 6. The van der Waals surface area contributed by atoms with Gasteiger partial charge in [-0.05, 0) is 59.7 Å². The lowest BCUT2D eigenvalue weighted by molar-refractivity contribution is -0.138. The summed E-state index contributed by atoms with van der Waals surface area (Å²) in [5, 5.41) is 25.3. The molecule has 0 fully saturated rings. The second kappa shape index (κ2) is 12.5. The number of carbonyl (C=O) groups is 2. The van der Waals surface area contributed by atoms with E-state index in [4.69, 9.17) is 12.8 Å². The predicted molar refractivity (Wildman–Crippen MR) is 163 cm³/mol. The fraction of sp³-hybridized carbons (Fsp3) is 0.143. The summed E-state index contributed by atoms with van der Waals surface area (Å²) in [5.41, 5.74) is -5.23. The number of hydrogen-bond acceptors (Lipinski definition) is 4. The lowest BCUT2D eigenvalue weighted by atomic mass is 9.76. The van der Waals surface area contributed by atoms with E-state index in [1.165, 1.54) is 24.3 Å². The molecule has 0 saturated carbocycles. The summed E-state index contributed by atoms with van der Waals surface area (Å²) in [6.45, 7) is 3.16. The van der Waals surface area contributed by atoms with Crippen molar-refractivity contribution >= 4 is 23.2 Å². The van der Waals surface area contributed by atoms with Crippen LogP contribution in [-0.4, -0.2) is 22.0 Å². The normalized spacial score (nSPS) is 11.7. The molecular formula is C35H24F6N2O4. The van der Waals surface area contributed by atoms with Crippen molar-refractivity contribution in [2.45, 2.75) is 31.6 Å². The minimum absolute atomic E-state index is 0.00514. The first kappa shape index (κ1) is 34.0. The fourth-order valence-corrected chi connectivity index (χ4v) is 5.02. The Hall–Kier alpha value is -5.88. The Kier molecular flexibility index (Phi) is 9.03. The van der Waals surface area contributed by atoms with Crippen LogP contribution in [0.15, 0.2) is 72.8 Å². The number of terminal acetylenes is 2. The molecule has 47 heavy (non-hydrogen) atoms. The molecule has 0 aliphatic carbocycles. The molecule has 4 aromatic rings. The first-order chi connectivity index (χ1) is 21.9. The third kappa shape index (κ3) is 7.18. The molecule has 0 atom stereocenters. The molecule has 6 nitrogen and oxygen atoms in total. The molecule has 0 aliphatic heterocycles. The zero-order valence-electron chi connectivity index (χ0n) is 24.6. The van der Waals surface area contributed by atoms with Gasteiger partial charge in [-0.15, -0.1) is 12.8 Å². The van der Waals surface area contributed by atoms with Gasteiger partial charge in [0.2, 0.25) is 0 Å². The lowest BCUT2D eigenvalue weighted by Crippen LogP contribution is -2.26. The zero-order valence-corrected chi connectivity index (χ0v) is 24.6. The van der Waals surface area contributed by atoms with Crippen molar-refractivity contribution in [1.82, 2.24) is 0 Å². The van der Waals surface area contributed by atoms with Gasteiger partial charge in [-0.1, -0.05) is 37.8 Å². The summed E-state index contributed by atoms with van der Waals surface area (Å²) in [7, 11) is 0.